The van der Waals surface area contributed by atoms with Crippen LogP contribution in [0.2, 0.25) is 0 Å². The molecule has 0 bridgehead atoms. The Morgan fingerprint density at radius 1 is 1.60 bits per heavy atom. The molecule has 1 fully saturated rings. The summed E-state index contributed by atoms with van der Waals surface area (Å²) in [5, 5.41) is 9.94. The van der Waals surface area contributed by atoms with E-state index in [1.807, 2.05) is 12.4 Å². The highest BCUT2D eigenvalue weighted by molar-refractivity contribution is 5.05. The molecule has 3 heteroatoms. The Balaban J connectivity index is 1.90. The number of nitrogens with one attached hydrogen (secondary N) is 2. The lowest BCUT2D eigenvalue weighted by Crippen LogP contribution is -2.42. The first-order valence-corrected chi connectivity index (χ1v) is 3.63. The van der Waals surface area contributed by atoms with Crippen molar-refractivity contribution in [2.75, 3.05) is 13.1 Å². The van der Waals surface area contributed by atoms with E-state index in [1.54, 1.807) is 0 Å². The predicted molar refractivity (Wildman–Crippen MR) is 38.7 cm³/mol. The number of H-pyrrole nitrogens is 1. The summed E-state index contributed by atoms with van der Waals surface area (Å²) in [5.74, 6) is 0.845. The van der Waals surface area contributed by atoms with Crippen LogP contribution >= 0.6 is 0 Å². The Bertz CT molecular complexity index is 189. The van der Waals surface area contributed by atoms with Crippen LogP contribution in [0.1, 0.15) is 5.56 Å². The van der Waals surface area contributed by atoms with Crippen LogP contribution < -0.4 is 5.32 Å². The van der Waals surface area contributed by atoms with Gasteiger partial charge in [0.1, 0.15) is 0 Å². The molecule has 2 rings (SSSR count). The molecule has 0 amide bonds. The monoisotopic (exact) mass is 137 g/mol. The van der Waals surface area contributed by atoms with Gasteiger partial charge in [0, 0.05) is 6.20 Å². The second-order valence-corrected chi connectivity index (χ2v) is 2.83. The van der Waals surface area contributed by atoms with Crippen molar-refractivity contribution in [2.24, 2.45) is 5.92 Å². The molecule has 0 atom stereocenters. The molecular weight excluding hydrogens is 126 g/mol. The van der Waals surface area contributed by atoms with Crippen molar-refractivity contribution in [2.45, 2.75) is 6.42 Å². The molecule has 1 aromatic heterocycles. The molecule has 10 heavy (non-hydrogen) atoms. The van der Waals surface area contributed by atoms with Gasteiger partial charge in [-0.25, -0.2) is 0 Å². The van der Waals surface area contributed by atoms with E-state index in [2.05, 4.69) is 15.5 Å². The van der Waals surface area contributed by atoms with Crippen LogP contribution in [0.3, 0.4) is 0 Å². The van der Waals surface area contributed by atoms with E-state index in [1.165, 1.54) is 25.1 Å². The van der Waals surface area contributed by atoms with Gasteiger partial charge in [-0.15, -0.1) is 0 Å². The molecule has 2 N–H and O–H groups in total. The van der Waals surface area contributed by atoms with E-state index in [4.69, 9.17) is 0 Å². The van der Waals surface area contributed by atoms with E-state index in [-0.39, 0.29) is 0 Å². The van der Waals surface area contributed by atoms with Gasteiger partial charge in [0.05, 0.1) is 6.20 Å². The number of aromatic nitrogens is 2. The van der Waals surface area contributed by atoms with Crippen LogP contribution in [-0.4, -0.2) is 23.3 Å². The lowest BCUT2D eigenvalue weighted by molar-refractivity contribution is 0.346. The van der Waals surface area contributed by atoms with Gasteiger partial charge in [0.25, 0.3) is 0 Å². The molecule has 3 nitrogen and oxygen atoms in total. The van der Waals surface area contributed by atoms with Gasteiger partial charge >= 0.3 is 0 Å². The quantitative estimate of drug-likeness (QED) is 0.610. The fourth-order valence-electron chi connectivity index (χ4n) is 1.22. The third-order valence-corrected chi connectivity index (χ3v) is 1.95. The molecule has 0 radical (unpaired) electrons. The molecule has 54 valence electrons. The largest absolute Gasteiger partial charge is 0.316 e. The molecule has 1 aromatic rings. The summed E-state index contributed by atoms with van der Waals surface area (Å²) in [6.45, 7) is 2.34. The fraction of sp³-hybridized carbons (Fsp3) is 0.571. The second kappa shape index (κ2) is 2.42. The van der Waals surface area contributed by atoms with E-state index in [0.717, 1.165) is 5.92 Å². The molecule has 2 heterocycles. The van der Waals surface area contributed by atoms with E-state index in [9.17, 15) is 0 Å². The Kier molecular flexibility index (Phi) is 1.43. The Hall–Kier alpha value is -0.830. The van der Waals surface area contributed by atoms with Crippen LogP contribution in [0, 0.1) is 5.92 Å². The zero-order valence-electron chi connectivity index (χ0n) is 5.80. The highest BCUT2D eigenvalue weighted by Crippen LogP contribution is 2.10. The minimum atomic E-state index is 0.845. The van der Waals surface area contributed by atoms with E-state index < -0.39 is 0 Å². The smallest absolute Gasteiger partial charge is 0.0519 e. The summed E-state index contributed by atoms with van der Waals surface area (Å²) >= 11 is 0. The van der Waals surface area contributed by atoms with Crippen LogP contribution in [0.4, 0.5) is 0 Å². The third-order valence-electron chi connectivity index (χ3n) is 1.95. The molecule has 0 aliphatic carbocycles. The highest BCUT2D eigenvalue weighted by atomic mass is 15.1. The number of aromatic amines is 1. The molecule has 1 saturated heterocycles. The SMILES string of the molecule is c1n[nH]cc1CC1CNC1. The van der Waals surface area contributed by atoms with Crippen molar-refractivity contribution >= 4 is 0 Å². The summed E-state index contributed by atoms with van der Waals surface area (Å²) in [5.41, 5.74) is 1.33. The number of hydrogen-bond donors (Lipinski definition) is 2. The zero-order chi connectivity index (χ0) is 6.81. The molecule has 0 saturated carbocycles. The summed E-state index contributed by atoms with van der Waals surface area (Å²) in [6, 6.07) is 0. The Morgan fingerprint density at radius 3 is 3.00 bits per heavy atom. The van der Waals surface area contributed by atoms with E-state index >= 15 is 0 Å². The summed E-state index contributed by atoms with van der Waals surface area (Å²) in [6.07, 6.45) is 5.04. The molecule has 0 aromatic carbocycles. The van der Waals surface area contributed by atoms with Crippen molar-refractivity contribution < 1.29 is 0 Å². The van der Waals surface area contributed by atoms with Gasteiger partial charge < -0.3 is 5.32 Å². The van der Waals surface area contributed by atoms with Crippen molar-refractivity contribution in [1.29, 1.82) is 0 Å². The van der Waals surface area contributed by atoms with Gasteiger partial charge in [0.2, 0.25) is 0 Å². The summed E-state index contributed by atoms with van der Waals surface area (Å²) in [4.78, 5) is 0. The first-order valence-electron chi connectivity index (χ1n) is 3.63. The van der Waals surface area contributed by atoms with Crippen LogP contribution in [0.25, 0.3) is 0 Å². The van der Waals surface area contributed by atoms with Crippen molar-refractivity contribution in [3.8, 4) is 0 Å². The van der Waals surface area contributed by atoms with Crippen LogP contribution in [-0.2, 0) is 6.42 Å². The minimum absolute atomic E-state index is 0.845. The standard InChI is InChI=1S/C7H11N3/c1(6-2-8-3-6)7-4-9-10-5-7/h4-6,8H,1-3H2,(H,9,10). The average Bonchev–Trinajstić information content (AvgIpc) is 2.29. The number of rotatable bonds is 2. The van der Waals surface area contributed by atoms with Crippen molar-refractivity contribution in [3.63, 3.8) is 0 Å². The third kappa shape index (κ3) is 1.04. The Morgan fingerprint density at radius 2 is 2.50 bits per heavy atom. The van der Waals surface area contributed by atoms with Gasteiger partial charge in [-0.2, -0.15) is 5.10 Å². The topological polar surface area (TPSA) is 40.7 Å². The summed E-state index contributed by atoms with van der Waals surface area (Å²) < 4.78 is 0. The molecule has 0 spiro atoms. The molecule has 1 aliphatic rings. The summed E-state index contributed by atoms with van der Waals surface area (Å²) in [7, 11) is 0. The van der Waals surface area contributed by atoms with Crippen LogP contribution in [0.15, 0.2) is 12.4 Å². The van der Waals surface area contributed by atoms with Crippen molar-refractivity contribution in [1.82, 2.24) is 15.5 Å². The molecule has 1 aliphatic heterocycles. The van der Waals surface area contributed by atoms with Gasteiger partial charge in [-0.05, 0) is 31.0 Å². The maximum absolute atomic E-state index is 3.89. The molecule has 0 unspecified atom stereocenters. The average molecular weight is 137 g/mol. The first-order chi connectivity index (χ1) is 4.95. The van der Waals surface area contributed by atoms with Gasteiger partial charge in [-0.3, -0.25) is 5.10 Å². The lowest BCUT2D eigenvalue weighted by Gasteiger charge is -2.26. The predicted octanol–water partition coefficient (Wildman–Crippen LogP) is 0.172. The number of hydrogen-bond acceptors (Lipinski definition) is 2. The maximum Gasteiger partial charge on any atom is 0.0519 e. The normalized spacial score (nSPS) is 18.8. The number of nitrogens with zero attached hydrogens (tertiary/aromatic N) is 1. The fourth-order valence-corrected chi connectivity index (χ4v) is 1.22. The van der Waals surface area contributed by atoms with Gasteiger partial charge in [0.15, 0.2) is 0 Å². The second-order valence-electron chi connectivity index (χ2n) is 2.83. The highest BCUT2D eigenvalue weighted by Gasteiger charge is 2.16. The van der Waals surface area contributed by atoms with Gasteiger partial charge in [-0.1, -0.05) is 0 Å². The molecular formula is C7H11N3. The lowest BCUT2D eigenvalue weighted by atomic mass is 9.96. The van der Waals surface area contributed by atoms with Crippen molar-refractivity contribution in [3.05, 3.63) is 18.0 Å². The zero-order valence-corrected chi connectivity index (χ0v) is 5.80. The maximum atomic E-state index is 3.89. The van der Waals surface area contributed by atoms with E-state index in [0.29, 0.717) is 0 Å². The Labute approximate surface area is 59.8 Å². The van der Waals surface area contributed by atoms with Crippen LogP contribution in [0.5, 0.6) is 0 Å². The minimum Gasteiger partial charge on any atom is -0.316 e. The first kappa shape index (κ1) is 5.92.